The first-order valence-electron chi connectivity index (χ1n) is 21.2. The van der Waals surface area contributed by atoms with Crippen LogP contribution in [-0.2, 0) is 33.3 Å². The summed E-state index contributed by atoms with van der Waals surface area (Å²) in [6.45, 7) is 7.56. The number of carbonyl (C=O) groups excluding carboxylic acids is 3. The number of aliphatic hydroxyl groups is 1. The van der Waals surface area contributed by atoms with Crippen molar-refractivity contribution in [3.8, 4) is 0 Å². The molecule has 0 saturated carbocycles. The quantitative estimate of drug-likeness (QED) is 0.133. The van der Waals surface area contributed by atoms with Gasteiger partial charge in [-0.1, -0.05) is 43.4 Å². The number of nitrogens with one attached hydrogen (secondary N) is 2. The molecular formula is C44H66F2N4O8. The lowest BCUT2D eigenvalue weighted by Gasteiger charge is -2.55. The number of ether oxygens (including phenoxy) is 4. The zero-order valence-corrected chi connectivity index (χ0v) is 35.2. The Bertz CT molecular complexity index is 1600. The van der Waals surface area contributed by atoms with Crippen LogP contribution >= 0.6 is 0 Å². The van der Waals surface area contributed by atoms with Gasteiger partial charge >= 0.3 is 17.9 Å². The van der Waals surface area contributed by atoms with E-state index < -0.39 is 64.4 Å². The molecule has 6 aliphatic rings. The Hall–Kier alpha value is -3.17. The molecule has 324 valence electrons. The van der Waals surface area contributed by atoms with Crippen LogP contribution in [0.2, 0.25) is 0 Å². The van der Waals surface area contributed by atoms with Gasteiger partial charge in [0, 0.05) is 75.0 Å². The number of fused-ring (bicyclic) bond motifs is 3. The summed E-state index contributed by atoms with van der Waals surface area (Å²) >= 11 is 0. The summed E-state index contributed by atoms with van der Waals surface area (Å²) in [5, 5.41) is 19.8. The van der Waals surface area contributed by atoms with Crippen molar-refractivity contribution in [2.45, 2.75) is 101 Å². The average Bonchev–Trinajstić information content (AvgIpc) is 3.68. The summed E-state index contributed by atoms with van der Waals surface area (Å²) in [6, 6.07) is -1.15. The number of carbonyl (C=O) groups is 3. The van der Waals surface area contributed by atoms with Gasteiger partial charge in [0.05, 0.1) is 27.6 Å². The first kappa shape index (κ1) is 44.4. The fourth-order valence-electron chi connectivity index (χ4n) is 12.1. The number of alkyl halides is 2. The van der Waals surface area contributed by atoms with Crippen molar-refractivity contribution in [3.05, 3.63) is 48.8 Å². The molecule has 14 heteroatoms. The molecule has 3 N–H and O–H groups in total. The number of allylic oxidation sites excluding steroid dienone is 3. The van der Waals surface area contributed by atoms with E-state index in [9.17, 15) is 19.5 Å². The molecule has 0 aromatic carbocycles. The summed E-state index contributed by atoms with van der Waals surface area (Å²) in [5.74, 6) is -6.38. The average molecular weight is 817 g/mol. The highest BCUT2D eigenvalue weighted by Gasteiger charge is 2.65. The molecule has 5 saturated heterocycles. The third kappa shape index (κ3) is 8.55. The molecule has 2 bridgehead atoms. The van der Waals surface area contributed by atoms with Gasteiger partial charge in [-0.2, -0.15) is 0 Å². The van der Waals surface area contributed by atoms with Crippen LogP contribution in [0.4, 0.5) is 8.78 Å². The topological polar surface area (TPSA) is 139 Å². The number of rotatable bonds is 9. The highest BCUT2D eigenvalue weighted by Crippen LogP contribution is 2.55. The predicted molar refractivity (Wildman–Crippen MR) is 214 cm³/mol. The molecule has 0 aromatic rings. The van der Waals surface area contributed by atoms with Gasteiger partial charge in [0.25, 0.3) is 0 Å². The number of esters is 3. The molecule has 0 aliphatic carbocycles. The standard InChI is InChI=1S/C44H66F2N4O8/c1-7-42-17-12-20-50-21-15-34(37(42)50)33(35(16-22-55-4)48-28-44(54,40(53)57-6)38(42)58-29(2)51)14-18-43(39(52)56-5)24-30-23-32(41(3,45)46)27-49(25-30)26-31-13-10-8-9-11-19-47-36(31)43/h8-11,14,16,18,22,30-38,47-48,54H,7,12-13,15,17,19-21,23-28H2,1-6H3/b10-8-,11-9-,18-14+,22-16+/t30?,31?,32?,33?,34-,35?,36?,37+,38+,42+,43+,44-/m0/s1. The molecule has 6 aliphatic heterocycles. The van der Waals surface area contributed by atoms with Gasteiger partial charge in [-0.05, 0) is 88.8 Å². The van der Waals surface area contributed by atoms with Crippen molar-refractivity contribution in [1.29, 1.82) is 0 Å². The number of hydrogen-bond donors (Lipinski definition) is 3. The van der Waals surface area contributed by atoms with Crippen LogP contribution in [0.5, 0.6) is 0 Å². The van der Waals surface area contributed by atoms with Crippen LogP contribution in [0.3, 0.4) is 0 Å². The minimum Gasteiger partial charge on any atom is -0.505 e. The van der Waals surface area contributed by atoms with E-state index in [-0.39, 0.29) is 42.7 Å². The van der Waals surface area contributed by atoms with Crippen LogP contribution in [0.15, 0.2) is 48.8 Å². The van der Waals surface area contributed by atoms with Crippen LogP contribution in [0, 0.1) is 40.4 Å². The molecule has 0 aromatic heterocycles. The summed E-state index contributed by atoms with van der Waals surface area (Å²) < 4.78 is 52.9. The first-order chi connectivity index (χ1) is 27.7. The van der Waals surface area contributed by atoms with Crippen molar-refractivity contribution in [2.24, 2.45) is 40.4 Å². The van der Waals surface area contributed by atoms with Gasteiger partial charge in [-0.15, -0.1) is 0 Å². The number of piperidine rings is 2. The highest BCUT2D eigenvalue weighted by molar-refractivity contribution is 5.82. The third-order valence-corrected chi connectivity index (χ3v) is 14.5. The van der Waals surface area contributed by atoms with E-state index in [2.05, 4.69) is 32.6 Å². The van der Waals surface area contributed by atoms with Gasteiger partial charge in [0.1, 0.15) is 11.5 Å². The van der Waals surface area contributed by atoms with E-state index in [4.69, 9.17) is 18.9 Å². The van der Waals surface area contributed by atoms with Crippen molar-refractivity contribution in [1.82, 2.24) is 20.4 Å². The van der Waals surface area contributed by atoms with E-state index in [1.165, 1.54) is 21.1 Å². The zero-order chi connectivity index (χ0) is 41.9. The fourth-order valence-corrected chi connectivity index (χ4v) is 12.1. The SMILES string of the molecule is CC[C@]12CCCN3CC[C@@H](C(/C=C/[C@@]4(C(=O)OC)CC5CC(C(C)(F)F)CN(C5)CC5C/C=C\C=C/CNC54)C(/C=C/OC)NC[C@@](O)(C(=O)OC)[C@@H]1OC(C)=O)[C@@H]32. The molecule has 6 heterocycles. The van der Waals surface area contributed by atoms with Crippen molar-refractivity contribution < 1.29 is 47.2 Å². The maximum atomic E-state index is 15.2. The molecule has 58 heavy (non-hydrogen) atoms. The lowest BCUT2D eigenvalue weighted by molar-refractivity contribution is -0.212. The zero-order valence-electron chi connectivity index (χ0n) is 35.2. The third-order valence-electron chi connectivity index (χ3n) is 14.5. The van der Waals surface area contributed by atoms with Crippen LogP contribution in [0.1, 0.15) is 65.7 Å². The predicted octanol–water partition coefficient (Wildman–Crippen LogP) is 4.25. The highest BCUT2D eigenvalue weighted by atomic mass is 19.3. The van der Waals surface area contributed by atoms with Crippen LogP contribution in [0.25, 0.3) is 0 Å². The maximum Gasteiger partial charge on any atom is 0.343 e. The van der Waals surface area contributed by atoms with E-state index in [1.807, 2.05) is 37.3 Å². The molecule has 7 unspecified atom stereocenters. The number of hydrogen-bond acceptors (Lipinski definition) is 12. The molecule has 0 radical (unpaired) electrons. The van der Waals surface area contributed by atoms with E-state index in [0.717, 1.165) is 32.9 Å². The Labute approximate surface area is 342 Å². The Balaban J connectivity index is 1.54. The number of nitrogens with zero attached hydrogens (tertiary/aromatic N) is 2. The minimum absolute atomic E-state index is 0.0969. The molecule has 0 spiro atoms. The monoisotopic (exact) mass is 816 g/mol. The first-order valence-corrected chi connectivity index (χ1v) is 21.2. The Morgan fingerprint density at radius 1 is 1.02 bits per heavy atom. The summed E-state index contributed by atoms with van der Waals surface area (Å²) in [6.07, 6.45) is 18.4. The van der Waals surface area contributed by atoms with E-state index >= 15 is 8.78 Å². The number of halogens is 2. The summed E-state index contributed by atoms with van der Waals surface area (Å²) in [5.41, 5.74) is -4.31. The van der Waals surface area contributed by atoms with Gasteiger partial charge in [0.15, 0.2) is 0 Å². The second-order valence-electron chi connectivity index (χ2n) is 17.9. The smallest absolute Gasteiger partial charge is 0.343 e. The van der Waals surface area contributed by atoms with Crippen molar-refractivity contribution in [3.63, 3.8) is 0 Å². The number of β-amino-alcohol motifs (C(OH)–C–C–N with tert-alkyl or cyclic N) is 1. The van der Waals surface area contributed by atoms with E-state index in [1.54, 1.807) is 13.4 Å². The molecule has 13 atom stereocenters. The molecule has 6 rings (SSSR count). The Morgan fingerprint density at radius 2 is 1.78 bits per heavy atom. The van der Waals surface area contributed by atoms with Gasteiger partial charge in [0.2, 0.25) is 11.5 Å². The van der Waals surface area contributed by atoms with Crippen molar-refractivity contribution in [2.75, 3.05) is 67.1 Å². The van der Waals surface area contributed by atoms with E-state index in [0.29, 0.717) is 51.9 Å². The normalized spacial score (nSPS) is 42.1. The van der Waals surface area contributed by atoms with Crippen molar-refractivity contribution >= 4 is 17.9 Å². The van der Waals surface area contributed by atoms with Gasteiger partial charge in [-0.3, -0.25) is 14.5 Å². The second kappa shape index (κ2) is 18.2. The fraction of sp³-hybridized carbons (Fsp3) is 0.750. The molecular weight excluding hydrogens is 751 g/mol. The number of methoxy groups -OCH3 is 3. The summed E-state index contributed by atoms with van der Waals surface area (Å²) in [7, 11) is 4.17. The Morgan fingerprint density at radius 3 is 2.47 bits per heavy atom. The largest absolute Gasteiger partial charge is 0.505 e. The molecule has 5 fully saturated rings. The minimum atomic E-state index is -2.88. The summed E-state index contributed by atoms with van der Waals surface area (Å²) in [4.78, 5) is 46.1. The second-order valence-corrected chi connectivity index (χ2v) is 17.9. The molecule has 0 amide bonds. The molecule has 12 nitrogen and oxygen atoms in total. The van der Waals surface area contributed by atoms with Gasteiger partial charge < -0.3 is 39.6 Å². The van der Waals surface area contributed by atoms with Crippen LogP contribution < -0.4 is 10.6 Å². The maximum absolute atomic E-state index is 15.2. The lowest BCUT2D eigenvalue weighted by atomic mass is 9.59. The van der Waals surface area contributed by atoms with Gasteiger partial charge in [-0.25, -0.2) is 13.6 Å². The van der Waals surface area contributed by atoms with Crippen LogP contribution in [-0.4, -0.2) is 136 Å². The Kier molecular flexibility index (Phi) is 13.9. The lowest BCUT2D eigenvalue weighted by Crippen LogP contribution is -2.68.